The Morgan fingerprint density at radius 1 is 1.24 bits per heavy atom. The Bertz CT molecular complexity index is 384. The highest BCUT2D eigenvalue weighted by atomic mass is 16.5. The van der Waals surface area contributed by atoms with Gasteiger partial charge in [0.1, 0.15) is 0 Å². The fourth-order valence-corrected chi connectivity index (χ4v) is 5.06. The maximum Gasteiger partial charge on any atom is 0.0690 e. The number of ether oxygens (including phenoxy) is 1. The van der Waals surface area contributed by atoms with E-state index in [0.717, 1.165) is 19.7 Å². The molecule has 2 heterocycles. The first-order valence-electron chi connectivity index (χ1n) is 8.65. The Labute approximate surface area is 130 Å². The van der Waals surface area contributed by atoms with Gasteiger partial charge in [0.15, 0.2) is 0 Å². The predicted octanol–water partition coefficient (Wildman–Crippen LogP) is 1.54. The number of hydrogen-bond acceptors (Lipinski definition) is 4. The number of rotatable bonds is 4. The van der Waals surface area contributed by atoms with Crippen LogP contribution in [0.3, 0.4) is 0 Å². The van der Waals surface area contributed by atoms with Gasteiger partial charge < -0.3 is 15.4 Å². The number of hydrogen-bond donors (Lipinski definition) is 1. The molecule has 4 nitrogen and oxygen atoms in total. The summed E-state index contributed by atoms with van der Waals surface area (Å²) in [6.45, 7) is 8.97. The van der Waals surface area contributed by atoms with Gasteiger partial charge in [0.25, 0.3) is 0 Å². The minimum absolute atomic E-state index is 0.0764. The summed E-state index contributed by atoms with van der Waals surface area (Å²) in [7, 11) is 4.35. The lowest BCUT2D eigenvalue weighted by Gasteiger charge is -2.67. The molecule has 0 aromatic heterocycles. The lowest BCUT2D eigenvalue weighted by Crippen LogP contribution is -2.80. The first kappa shape index (κ1) is 15.7. The van der Waals surface area contributed by atoms with Crippen molar-refractivity contribution in [3.63, 3.8) is 0 Å². The van der Waals surface area contributed by atoms with Gasteiger partial charge in [-0.1, -0.05) is 13.8 Å². The summed E-state index contributed by atoms with van der Waals surface area (Å²) < 4.78 is 6.04. The molecule has 1 saturated carbocycles. The van der Waals surface area contributed by atoms with Gasteiger partial charge in [0, 0.05) is 42.6 Å². The Kier molecular flexibility index (Phi) is 4.11. The zero-order valence-electron chi connectivity index (χ0n) is 14.3. The highest BCUT2D eigenvalue weighted by Gasteiger charge is 2.66. The quantitative estimate of drug-likeness (QED) is 0.854. The monoisotopic (exact) mass is 295 g/mol. The molecule has 21 heavy (non-hydrogen) atoms. The average Bonchev–Trinajstić information content (AvgIpc) is 2.85. The second-order valence-electron chi connectivity index (χ2n) is 8.33. The van der Waals surface area contributed by atoms with Crippen LogP contribution >= 0.6 is 0 Å². The van der Waals surface area contributed by atoms with E-state index in [1.165, 1.54) is 32.2 Å². The Balaban J connectivity index is 1.70. The molecule has 122 valence electrons. The molecule has 0 amide bonds. The van der Waals surface area contributed by atoms with E-state index >= 15 is 0 Å². The molecule has 4 unspecified atom stereocenters. The average molecular weight is 295 g/mol. The third-order valence-corrected chi connectivity index (χ3v) is 6.43. The van der Waals surface area contributed by atoms with Crippen LogP contribution in [0, 0.1) is 11.3 Å². The van der Waals surface area contributed by atoms with E-state index in [0.29, 0.717) is 18.1 Å². The second kappa shape index (κ2) is 5.48. The van der Waals surface area contributed by atoms with Crippen molar-refractivity contribution in [2.45, 2.75) is 57.2 Å². The van der Waals surface area contributed by atoms with Crippen LogP contribution in [-0.4, -0.2) is 67.8 Å². The predicted molar refractivity (Wildman–Crippen MR) is 86.3 cm³/mol. The molecule has 3 rings (SSSR count). The van der Waals surface area contributed by atoms with E-state index in [4.69, 9.17) is 10.5 Å². The zero-order valence-corrected chi connectivity index (χ0v) is 14.3. The van der Waals surface area contributed by atoms with Gasteiger partial charge >= 0.3 is 0 Å². The van der Waals surface area contributed by atoms with E-state index in [9.17, 15) is 0 Å². The maximum absolute atomic E-state index is 6.97. The Hall–Kier alpha value is -0.160. The van der Waals surface area contributed by atoms with Gasteiger partial charge in [-0.3, -0.25) is 4.90 Å². The fraction of sp³-hybridized carbons (Fsp3) is 1.00. The van der Waals surface area contributed by atoms with Crippen molar-refractivity contribution < 1.29 is 4.74 Å². The van der Waals surface area contributed by atoms with E-state index in [1.807, 2.05) is 0 Å². The van der Waals surface area contributed by atoms with Crippen molar-refractivity contribution in [3.05, 3.63) is 0 Å². The molecule has 4 heteroatoms. The van der Waals surface area contributed by atoms with Crippen molar-refractivity contribution in [3.8, 4) is 0 Å². The van der Waals surface area contributed by atoms with Gasteiger partial charge in [-0.25, -0.2) is 0 Å². The van der Waals surface area contributed by atoms with Gasteiger partial charge in [-0.2, -0.15) is 0 Å². The van der Waals surface area contributed by atoms with E-state index in [-0.39, 0.29) is 11.0 Å². The maximum atomic E-state index is 6.97. The van der Waals surface area contributed by atoms with Gasteiger partial charge in [0.05, 0.1) is 6.10 Å². The van der Waals surface area contributed by atoms with Crippen LogP contribution in [0.5, 0.6) is 0 Å². The summed E-state index contributed by atoms with van der Waals surface area (Å²) in [5.74, 6) is 0.557. The zero-order chi connectivity index (χ0) is 15.3. The molecule has 0 aromatic carbocycles. The third-order valence-electron chi connectivity index (χ3n) is 6.43. The largest absolute Gasteiger partial charge is 0.377 e. The number of nitrogens with two attached hydrogens (primary N) is 1. The lowest BCUT2D eigenvalue weighted by molar-refractivity contribution is -0.232. The van der Waals surface area contributed by atoms with Gasteiger partial charge in [0.2, 0.25) is 0 Å². The van der Waals surface area contributed by atoms with Crippen LogP contribution in [0.15, 0.2) is 0 Å². The van der Waals surface area contributed by atoms with Crippen LogP contribution in [-0.2, 0) is 4.74 Å². The minimum atomic E-state index is -0.0764. The molecule has 0 bridgehead atoms. The minimum Gasteiger partial charge on any atom is -0.377 e. The normalized spacial score (nSPS) is 42.9. The van der Waals surface area contributed by atoms with Gasteiger partial charge in [-0.15, -0.1) is 0 Å². The number of likely N-dealkylation sites (N-methyl/N-ethyl adjacent to an activating group) is 1. The SMILES string of the molecule is CN(C)CC1CCCN1CC1(N)C2CCCOC2C1(C)C. The summed E-state index contributed by atoms with van der Waals surface area (Å²) in [6.07, 6.45) is 5.44. The van der Waals surface area contributed by atoms with Crippen molar-refractivity contribution in [2.75, 3.05) is 40.3 Å². The van der Waals surface area contributed by atoms with Gasteiger partial charge in [-0.05, 0) is 46.3 Å². The Morgan fingerprint density at radius 3 is 2.71 bits per heavy atom. The molecule has 4 atom stereocenters. The third kappa shape index (κ3) is 2.44. The number of fused-ring (bicyclic) bond motifs is 1. The number of likely N-dealkylation sites (tertiary alicyclic amines) is 1. The first-order chi connectivity index (χ1) is 9.86. The van der Waals surface area contributed by atoms with E-state index in [1.54, 1.807) is 0 Å². The van der Waals surface area contributed by atoms with Crippen LogP contribution < -0.4 is 5.73 Å². The summed E-state index contributed by atoms with van der Waals surface area (Å²) in [5, 5.41) is 0. The van der Waals surface area contributed by atoms with Crippen LogP contribution in [0.4, 0.5) is 0 Å². The van der Waals surface area contributed by atoms with Crippen molar-refractivity contribution in [2.24, 2.45) is 17.1 Å². The molecule has 2 saturated heterocycles. The number of nitrogens with zero attached hydrogens (tertiary/aromatic N) is 2. The molecule has 2 N–H and O–H groups in total. The molecular weight excluding hydrogens is 262 g/mol. The molecule has 3 aliphatic rings. The molecule has 2 aliphatic heterocycles. The standard InChI is InChI=1S/C17H33N3O/c1-16(2)15-14(8-6-10-21-15)17(16,18)12-20-9-5-7-13(20)11-19(3)4/h13-15H,5-12,18H2,1-4H3. The molecule has 1 aliphatic carbocycles. The summed E-state index contributed by atoms with van der Waals surface area (Å²) >= 11 is 0. The Morgan fingerprint density at radius 2 is 2.00 bits per heavy atom. The molecule has 0 spiro atoms. The highest BCUT2D eigenvalue weighted by molar-refractivity contribution is 5.21. The van der Waals surface area contributed by atoms with Crippen LogP contribution in [0.25, 0.3) is 0 Å². The lowest BCUT2D eigenvalue weighted by atomic mass is 9.46. The summed E-state index contributed by atoms with van der Waals surface area (Å²) in [4.78, 5) is 4.97. The van der Waals surface area contributed by atoms with E-state index in [2.05, 4.69) is 37.7 Å². The second-order valence-corrected chi connectivity index (χ2v) is 8.33. The summed E-state index contributed by atoms with van der Waals surface area (Å²) in [5.41, 5.74) is 7.00. The molecule has 3 fully saturated rings. The van der Waals surface area contributed by atoms with Crippen LogP contribution in [0.1, 0.15) is 39.5 Å². The summed E-state index contributed by atoms with van der Waals surface area (Å²) in [6, 6.07) is 0.680. The molecule has 0 radical (unpaired) electrons. The fourth-order valence-electron chi connectivity index (χ4n) is 5.06. The molecular formula is C17H33N3O. The molecule has 0 aromatic rings. The van der Waals surface area contributed by atoms with E-state index < -0.39 is 0 Å². The highest BCUT2D eigenvalue weighted by Crippen LogP contribution is 2.57. The van der Waals surface area contributed by atoms with Crippen molar-refractivity contribution in [1.29, 1.82) is 0 Å². The van der Waals surface area contributed by atoms with Crippen molar-refractivity contribution in [1.82, 2.24) is 9.80 Å². The smallest absolute Gasteiger partial charge is 0.0690 e. The first-order valence-corrected chi connectivity index (χ1v) is 8.65. The van der Waals surface area contributed by atoms with Crippen molar-refractivity contribution >= 4 is 0 Å². The topological polar surface area (TPSA) is 41.7 Å². The van der Waals surface area contributed by atoms with Crippen LogP contribution in [0.2, 0.25) is 0 Å².